The molecule has 30 heavy (non-hydrogen) atoms. The number of nitrogens with zero attached hydrogens (tertiary/aromatic N) is 7. The number of nitrogens with two attached hydrogens (primary N) is 1. The van der Waals surface area contributed by atoms with Crippen molar-refractivity contribution in [1.29, 1.82) is 0 Å². The summed E-state index contributed by atoms with van der Waals surface area (Å²) in [7, 11) is 0. The molecule has 0 bridgehead atoms. The lowest BCUT2D eigenvalue weighted by Crippen LogP contribution is -2.52. The van der Waals surface area contributed by atoms with Gasteiger partial charge in [0.15, 0.2) is 0 Å². The van der Waals surface area contributed by atoms with Crippen molar-refractivity contribution in [3.05, 3.63) is 17.0 Å². The molecule has 0 aromatic carbocycles. The molecule has 2 fully saturated rings. The quantitative estimate of drug-likeness (QED) is 0.750. The van der Waals surface area contributed by atoms with Crippen LogP contribution in [-0.4, -0.2) is 91.9 Å². The van der Waals surface area contributed by atoms with E-state index in [4.69, 9.17) is 5.73 Å². The van der Waals surface area contributed by atoms with Crippen molar-refractivity contribution >= 4 is 23.5 Å². The monoisotopic (exact) mass is 414 g/mol. The van der Waals surface area contributed by atoms with E-state index in [0.717, 1.165) is 56.0 Å². The SMILES string of the molecule is Cc1nc2nc(N)nn2c(C)c1CC(=O)N1CCN(CC(=O)N2CCCCC2)CC1. The molecule has 10 heteroatoms. The Morgan fingerprint density at radius 1 is 0.900 bits per heavy atom. The molecule has 2 aromatic heterocycles. The lowest BCUT2D eigenvalue weighted by molar-refractivity contribution is -0.135. The first-order valence-corrected chi connectivity index (χ1v) is 10.7. The number of piperazine rings is 1. The Balaban J connectivity index is 1.33. The van der Waals surface area contributed by atoms with Crippen LogP contribution in [0.5, 0.6) is 0 Å². The maximum Gasteiger partial charge on any atom is 0.254 e. The number of nitrogen functional groups attached to an aromatic ring is 1. The zero-order valence-electron chi connectivity index (χ0n) is 17.8. The van der Waals surface area contributed by atoms with E-state index in [1.807, 2.05) is 23.6 Å². The predicted molar refractivity (Wildman–Crippen MR) is 112 cm³/mol. The largest absolute Gasteiger partial charge is 0.366 e. The van der Waals surface area contributed by atoms with Gasteiger partial charge < -0.3 is 15.5 Å². The molecule has 162 valence electrons. The van der Waals surface area contributed by atoms with Gasteiger partial charge in [0.2, 0.25) is 17.8 Å². The molecule has 10 nitrogen and oxygen atoms in total. The molecule has 0 radical (unpaired) electrons. The van der Waals surface area contributed by atoms with E-state index in [9.17, 15) is 9.59 Å². The normalized spacial score (nSPS) is 18.2. The third-order valence-corrected chi connectivity index (χ3v) is 6.19. The van der Waals surface area contributed by atoms with Gasteiger partial charge in [-0.2, -0.15) is 9.50 Å². The van der Waals surface area contributed by atoms with Crippen LogP contribution in [0.2, 0.25) is 0 Å². The van der Waals surface area contributed by atoms with Gasteiger partial charge in [-0.3, -0.25) is 14.5 Å². The summed E-state index contributed by atoms with van der Waals surface area (Å²) in [5, 5.41) is 4.16. The van der Waals surface area contributed by atoms with E-state index in [-0.39, 0.29) is 24.2 Å². The lowest BCUT2D eigenvalue weighted by atomic mass is 10.1. The van der Waals surface area contributed by atoms with Crippen LogP contribution in [-0.2, 0) is 16.0 Å². The first kappa shape index (κ1) is 20.5. The van der Waals surface area contributed by atoms with Crippen LogP contribution in [0.3, 0.4) is 0 Å². The van der Waals surface area contributed by atoms with Crippen LogP contribution in [0.25, 0.3) is 5.78 Å². The van der Waals surface area contributed by atoms with Gasteiger partial charge in [0, 0.05) is 56.2 Å². The first-order valence-electron chi connectivity index (χ1n) is 10.7. The molecule has 0 atom stereocenters. The molecule has 2 aliphatic rings. The summed E-state index contributed by atoms with van der Waals surface area (Å²) < 4.78 is 1.59. The van der Waals surface area contributed by atoms with Crippen LogP contribution in [0.15, 0.2) is 0 Å². The highest BCUT2D eigenvalue weighted by molar-refractivity contribution is 5.80. The second kappa shape index (κ2) is 8.55. The average Bonchev–Trinajstić information content (AvgIpc) is 3.12. The highest BCUT2D eigenvalue weighted by Gasteiger charge is 2.26. The van der Waals surface area contributed by atoms with Gasteiger partial charge in [0.05, 0.1) is 13.0 Å². The minimum Gasteiger partial charge on any atom is -0.366 e. The number of piperidine rings is 1. The minimum absolute atomic E-state index is 0.0671. The number of aryl methyl sites for hydroxylation is 2. The number of hydrogen-bond acceptors (Lipinski definition) is 7. The third kappa shape index (κ3) is 4.23. The third-order valence-electron chi connectivity index (χ3n) is 6.19. The van der Waals surface area contributed by atoms with E-state index < -0.39 is 0 Å². The molecule has 2 aliphatic heterocycles. The number of aromatic nitrogens is 4. The van der Waals surface area contributed by atoms with Crippen molar-refractivity contribution in [1.82, 2.24) is 34.3 Å². The number of hydrogen-bond donors (Lipinski definition) is 1. The van der Waals surface area contributed by atoms with Gasteiger partial charge in [-0.25, -0.2) is 4.98 Å². The van der Waals surface area contributed by atoms with Crippen LogP contribution in [0.1, 0.15) is 36.2 Å². The average molecular weight is 415 g/mol. The second-order valence-corrected chi connectivity index (χ2v) is 8.22. The van der Waals surface area contributed by atoms with Gasteiger partial charge >= 0.3 is 0 Å². The van der Waals surface area contributed by atoms with Crippen molar-refractivity contribution in [2.75, 3.05) is 51.5 Å². The molecular weight excluding hydrogens is 384 g/mol. The van der Waals surface area contributed by atoms with Crippen molar-refractivity contribution < 1.29 is 9.59 Å². The minimum atomic E-state index is 0.0671. The summed E-state index contributed by atoms with van der Waals surface area (Å²) in [5.41, 5.74) is 8.15. The zero-order valence-corrected chi connectivity index (χ0v) is 17.8. The Morgan fingerprint density at radius 3 is 2.27 bits per heavy atom. The van der Waals surface area contributed by atoms with E-state index in [1.54, 1.807) is 4.52 Å². The van der Waals surface area contributed by atoms with Crippen LogP contribution in [0.4, 0.5) is 5.95 Å². The van der Waals surface area contributed by atoms with E-state index in [1.165, 1.54) is 6.42 Å². The molecule has 2 N–H and O–H groups in total. The molecule has 2 aromatic rings. The smallest absolute Gasteiger partial charge is 0.254 e. The fraction of sp³-hybridized carbons (Fsp3) is 0.650. The summed E-state index contributed by atoms with van der Waals surface area (Å²) in [5.74, 6) is 0.902. The van der Waals surface area contributed by atoms with Crippen LogP contribution in [0, 0.1) is 13.8 Å². The number of anilines is 1. The lowest BCUT2D eigenvalue weighted by Gasteiger charge is -2.36. The Morgan fingerprint density at radius 2 is 1.57 bits per heavy atom. The second-order valence-electron chi connectivity index (χ2n) is 8.22. The summed E-state index contributed by atoms with van der Waals surface area (Å²) >= 11 is 0. The number of likely N-dealkylation sites (tertiary alicyclic amines) is 1. The molecule has 2 amide bonds. The molecule has 4 rings (SSSR count). The van der Waals surface area contributed by atoms with Gasteiger partial charge in [-0.15, -0.1) is 5.10 Å². The molecule has 0 unspecified atom stereocenters. The van der Waals surface area contributed by atoms with E-state index in [2.05, 4.69) is 20.0 Å². The fourth-order valence-corrected chi connectivity index (χ4v) is 4.33. The summed E-state index contributed by atoms with van der Waals surface area (Å²) in [6.45, 7) is 8.71. The zero-order chi connectivity index (χ0) is 21.3. The van der Waals surface area contributed by atoms with E-state index in [0.29, 0.717) is 25.4 Å². The maximum atomic E-state index is 12.9. The maximum absolute atomic E-state index is 12.9. The summed E-state index contributed by atoms with van der Waals surface area (Å²) in [6, 6.07) is 0. The topological polar surface area (TPSA) is 113 Å². The summed E-state index contributed by atoms with van der Waals surface area (Å²) in [4.78, 5) is 39.9. The van der Waals surface area contributed by atoms with Crippen LogP contribution >= 0.6 is 0 Å². The molecular formula is C20H30N8O2. The standard InChI is InChI=1S/C20H30N8O2/c1-14-16(15(2)28-20(22-14)23-19(21)24-28)12-17(29)27-10-8-25(9-11-27)13-18(30)26-6-4-3-5-7-26/h3-13H2,1-2H3,(H2,21,24). The molecule has 4 heterocycles. The Bertz CT molecular complexity index is 942. The highest BCUT2D eigenvalue weighted by Crippen LogP contribution is 2.17. The predicted octanol–water partition coefficient (Wildman–Crippen LogP) is 0.0225. The molecule has 0 spiro atoms. The number of carbonyl (C=O) groups excluding carboxylic acids is 2. The number of amides is 2. The van der Waals surface area contributed by atoms with Crippen molar-refractivity contribution in [2.24, 2.45) is 0 Å². The van der Waals surface area contributed by atoms with Crippen molar-refractivity contribution in [3.8, 4) is 0 Å². The Kier molecular flexibility index (Phi) is 5.85. The van der Waals surface area contributed by atoms with Crippen LogP contribution < -0.4 is 5.73 Å². The van der Waals surface area contributed by atoms with Gasteiger partial charge in [-0.05, 0) is 33.1 Å². The van der Waals surface area contributed by atoms with Gasteiger partial charge in [-0.1, -0.05) is 0 Å². The molecule has 0 saturated carbocycles. The molecule has 2 saturated heterocycles. The van der Waals surface area contributed by atoms with E-state index >= 15 is 0 Å². The summed E-state index contributed by atoms with van der Waals surface area (Å²) in [6.07, 6.45) is 3.70. The molecule has 0 aliphatic carbocycles. The highest BCUT2D eigenvalue weighted by atomic mass is 16.2. The number of rotatable bonds is 4. The van der Waals surface area contributed by atoms with Crippen molar-refractivity contribution in [2.45, 2.75) is 39.5 Å². The number of fused-ring (bicyclic) bond motifs is 1. The fourth-order valence-electron chi connectivity index (χ4n) is 4.33. The van der Waals surface area contributed by atoms with Crippen molar-refractivity contribution in [3.63, 3.8) is 0 Å². The first-order chi connectivity index (χ1) is 14.4. The Hall–Kier alpha value is -2.75. The number of carbonyl (C=O) groups is 2. The van der Waals surface area contributed by atoms with Gasteiger partial charge in [0.1, 0.15) is 0 Å². The van der Waals surface area contributed by atoms with Gasteiger partial charge in [0.25, 0.3) is 5.78 Å². The Labute approximate surface area is 176 Å².